The predicted molar refractivity (Wildman–Crippen MR) is 69.0 cm³/mol. The van der Waals surface area contributed by atoms with Crippen molar-refractivity contribution in [1.82, 2.24) is 4.98 Å². The van der Waals surface area contributed by atoms with Crippen molar-refractivity contribution >= 4 is 10.1 Å². The first-order valence-electron chi connectivity index (χ1n) is 5.40. The van der Waals surface area contributed by atoms with E-state index in [9.17, 15) is 13.0 Å². The van der Waals surface area contributed by atoms with Gasteiger partial charge < -0.3 is 0 Å². The van der Waals surface area contributed by atoms with Gasteiger partial charge in [-0.3, -0.25) is 9.54 Å². The Balaban J connectivity index is 2.71. The van der Waals surface area contributed by atoms with Crippen molar-refractivity contribution in [1.29, 1.82) is 0 Å². The van der Waals surface area contributed by atoms with Crippen LogP contribution in [0.25, 0.3) is 11.3 Å². The maximum Gasteiger partial charge on any atom is 0.294 e. The van der Waals surface area contributed by atoms with Crippen molar-refractivity contribution in [2.45, 2.75) is 18.7 Å². The standard InChI is InChI=1S/C13H13NO3S/c1-9-7-10(2)13(18(15,16)17)8-11(9)12-5-3-4-6-14-12/h3-8H,1-2H3,(H,15,16,17). The van der Waals surface area contributed by atoms with Crippen molar-refractivity contribution in [3.8, 4) is 11.3 Å². The molecule has 18 heavy (non-hydrogen) atoms. The second kappa shape index (κ2) is 4.51. The Morgan fingerprint density at radius 2 is 1.83 bits per heavy atom. The highest BCUT2D eigenvalue weighted by Crippen LogP contribution is 2.27. The third-order valence-electron chi connectivity index (χ3n) is 2.74. The summed E-state index contributed by atoms with van der Waals surface area (Å²) in [7, 11) is -4.21. The molecule has 0 aliphatic rings. The lowest BCUT2D eigenvalue weighted by Gasteiger charge is -2.10. The molecular formula is C13H13NO3S. The Labute approximate surface area is 106 Å². The number of aryl methyl sites for hydroxylation is 2. The Morgan fingerprint density at radius 1 is 1.11 bits per heavy atom. The van der Waals surface area contributed by atoms with Gasteiger partial charge in [0.25, 0.3) is 10.1 Å². The molecule has 1 heterocycles. The van der Waals surface area contributed by atoms with Crippen molar-refractivity contribution in [3.05, 3.63) is 47.7 Å². The molecule has 5 heteroatoms. The van der Waals surface area contributed by atoms with E-state index in [1.165, 1.54) is 6.07 Å². The van der Waals surface area contributed by atoms with E-state index in [1.54, 1.807) is 31.3 Å². The van der Waals surface area contributed by atoms with Crippen molar-refractivity contribution in [2.75, 3.05) is 0 Å². The van der Waals surface area contributed by atoms with Crippen LogP contribution in [0.1, 0.15) is 11.1 Å². The molecule has 1 aromatic carbocycles. The van der Waals surface area contributed by atoms with Crippen LogP contribution in [0, 0.1) is 13.8 Å². The quantitative estimate of drug-likeness (QED) is 0.846. The lowest BCUT2D eigenvalue weighted by molar-refractivity contribution is 0.482. The lowest BCUT2D eigenvalue weighted by atomic mass is 10.0. The van der Waals surface area contributed by atoms with Crippen molar-refractivity contribution in [3.63, 3.8) is 0 Å². The zero-order chi connectivity index (χ0) is 13.3. The molecular weight excluding hydrogens is 250 g/mol. The van der Waals surface area contributed by atoms with Gasteiger partial charge in [0.1, 0.15) is 0 Å². The summed E-state index contributed by atoms with van der Waals surface area (Å²) in [4.78, 5) is 4.11. The summed E-state index contributed by atoms with van der Waals surface area (Å²) in [5.74, 6) is 0. The van der Waals surface area contributed by atoms with E-state index in [2.05, 4.69) is 4.98 Å². The van der Waals surface area contributed by atoms with E-state index in [0.29, 0.717) is 16.8 Å². The first-order chi connectivity index (χ1) is 8.39. The molecule has 0 unspecified atom stereocenters. The normalized spacial score (nSPS) is 11.5. The first kappa shape index (κ1) is 12.7. The van der Waals surface area contributed by atoms with Gasteiger partial charge in [0.05, 0.1) is 10.6 Å². The second-order valence-corrected chi connectivity index (χ2v) is 5.51. The van der Waals surface area contributed by atoms with E-state index in [-0.39, 0.29) is 4.90 Å². The summed E-state index contributed by atoms with van der Waals surface area (Å²) in [6.45, 7) is 3.53. The SMILES string of the molecule is Cc1cc(C)c(S(=O)(=O)O)cc1-c1ccccn1. The van der Waals surface area contributed by atoms with Gasteiger partial charge in [0.2, 0.25) is 0 Å². The average Bonchev–Trinajstić information content (AvgIpc) is 2.28. The number of hydrogen-bond acceptors (Lipinski definition) is 3. The Hall–Kier alpha value is -1.72. The molecule has 0 aliphatic carbocycles. The van der Waals surface area contributed by atoms with E-state index in [4.69, 9.17) is 0 Å². The molecule has 0 saturated carbocycles. The minimum absolute atomic E-state index is 0.0752. The molecule has 0 bridgehead atoms. The molecule has 0 saturated heterocycles. The summed E-state index contributed by atoms with van der Waals surface area (Å²) < 4.78 is 31.8. The van der Waals surface area contributed by atoms with Gasteiger partial charge in [-0.05, 0) is 43.2 Å². The molecule has 1 aromatic heterocycles. The monoisotopic (exact) mass is 263 g/mol. The number of nitrogens with zero attached hydrogens (tertiary/aromatic N) is 1. The van der Waals surface area contributed by atoms with Crippen LogP contribution < -0.4 is 0 Å². The molecule has 0 radical (unpaired) electrons. The van der Waals surface area contributed by atoms with Gasteiger partial charge in [0, 0.05) is 11.8 Å². The molecule has 0 spiro atoms. The topological polar surface area (TPSA) is 67.3 Å². The van der Waals surface area contributed by atoms with Crippen LogP contribution in [0.15, 0.2) is 41.4 Å². The van der Waals surface area contributed by atoms with Gasteiger partial charge in [-0.15, -0.1) is 0 Å². The van der Waals surface area contributed by atoms with E-state index in [0.717, 1.165) is 5.56 Å². The Bertz CT molecular complexity index is 679. The van der Waals surface area contributed by atoms with E-state index in [1.807, 2.05) is 13.0 Å². The summed E-state index contributed by atoms with van der Waals surface area (Å²) in [6, 6.07) is 8.60. The highest BCUT2D eigenvalue weighted by Gasteiger charge is 2.16. The molecule has 2 aromatic rings. The second-order valence-electron chi connectivity index (χ2n) is 4.12. The number of benzene rings is 1. The minimum atomic E-state index is -4.21. The van der Waals surface area contributed by atoms with Crippen LogP contribution in [-0.2, 0) is 10.1 Å². The molecule has 1 N–H and O–H groups in total. The lowest BCUT2D eigenvalue weighted by Crippen LogP contribution is -2.02. The third kappa shape index (κ3) is 2.42. The van der Waals surface area contributed by atoms with Crippen LogP contribution in [0.3, 0.4) is 0 Å². The Morgan fingerprint density at radius 3 is 2.39 bits per heavy atom. The van der Waals surface area contributed by atoms with E-state index >= 15 is 0 Å². The van der Waals surface area contributed by atoms with Gasteiger partial charge in [-0.2, -0.15) is 8.42 Å². The average molecular weight is 263 g/mol. The largest absolute Gasteiger partial charge is 0.294 e. The smallest absolute Gasteiger partial charge is 0.282 e. The fraction of sp³-hybridized carbons (Fsp3) is 0.154. The summed E-state index contributed by atoms with van der Waals surface area (Å²) in [5.41, 5.74) is 2.82. The summed E-state index contributed by atoms with van der Waals surface area (Å²) >= 11 is 0. The maximum absolute atomic E-state index is 11.3. The molecule has 4 nitrogen and oxygen atoms in total. The summed E-state index contributed by atoms with van der Waals surface area (Å²) in [5, 5.41) is 0. The zero-order valence-electron chi connectivity index (χ0n) is 10.1. The number of hydrogen-bond donors (Lipinski definition) is 1. The Kier molecular flexibility index (Phi) is 3.19. The highest BCUT2D eigenvalue weighted by molar-refractivity contribution is 7.85. The maximum atomic E-state index is 11.3. The van der Waals surface area contributed by atoms with Gasteiger partial charge in [0.15, 0.2) is 0 Å². The molecule has 0 fully saturated rings. The number of pyridine rings is 1. The van der Waals surface area contributed by atoms with Crippen molar-refractivity contribution in [2.24, 2.45) is 0 Å². The van der Waals surface area contributed by atoms with Crippen LogP contribution in [0.4, 0.5) is 0 Å². The van der Waals surface area contributed by atoms with Crippen LogP contribution in [0.2, 0.25) is 0 Å². The van der Waals surface area contributed by atoms with Crippen molar-refractivity contribution < 1.29 is 13.0 Å². The minimum Gasteiger partial charge on any atom is -0.282 e. The van der Waals surface area contributed by atoms with Crippen LogP contribution in [0.5, 0.6) is 0 Å². The molecule has 94 valence electrons. The van der Waals surface area contributed by atoms with Gasteiger partial charge >= 0.3 is 0 Å². The van der Waals surface area contributed by atoms with Crippen LogP contribution in [-0.4, -0.2) is 18.0 Å². The molecule has 0 amide bonds. The number of rotatable bonds is 2. The first-order valence-corrected chi connectivity index (χ1v) is 6.84. The summed E-state index contributed by atoms with van der Waals surface area (Å²) in [6.07, 6.45) is 1.64. The van der Waals surface area contributed by atoms with Crippen LogP contribution >= 0.6 is 0 Å². The van der Waals surface area contributed by atoms with Gasteiger partial charge in [-0.1, -0.05) is 12.1 Å². The highest BCUT2D eigenvalue weighted by atomic mass is 32.2. The third-order valence-corrected chi connectivity index (χ3v) is 3.74. The van der Waals surface area contributed by atoms with E-state index < -0.39 is 10.1 Å². The predicted octanol–water partition coefficient (Wildman–Crippen LogP) is 2.61. The zero-order valence-corrected chi connectivity index (χ0v) is 10.9. The fourth-order valence-corrected chi connectivity index (χ4v) is 2.64. The van der Waals surface area contributed by atoms with Gasteiger partial charge in [-0.25, -0.2) is 0 Å². The molecule has 0 aliphatic heterocycles. The fourth-order valence-electron chi connectivity index (χ4n) is 1.91. The molecule has 2 rings (SSSR count). The number of aromatic nitrogens is 1. The molecule has 0 atom stereocenters.